The Hall–Kier alpha value is -2.05. The van der Waals surface area contributed by atoms with Gasteiger partial charge in [0, 0.05) is 31.0 Å². The minimum absolute atomic E-state index is 0.461. The summed E-state index contributed by atoms with van der Waals surface area (Å²) < 4.78 is 10.6. The van der Waals surface area contributed by atoms with Gasteiger partial charge in [0.05, 0.1) is 13.2 Å². The van der Waals surface area contributed by atoms with Gasteiger partial charge in [-0.1, -0.05) is 25.1 Å². The van der Waals surface area contributed by atoms with Gasteiger partial charge < -0.3 is 20.1 Å². The second kappa shape index (κ2) is 11.5. The number of aliphatic imine (C=N–C) groups is 1. The molecule has 1 aromatic carbocycles. The summed E-state index contributed by atoms with van der Waals surface area (Å²) in [6.07, 6.45) is 0. The van der Waals surface area contributed by atoms with Gasteiger partial charge in [0.1, 0.15) is 12.4 Å². The van der Waals surface area contributed by atoms with Crippen molar-refractivity contribution in [1.82, 2.24) is 10.6 Å². The van der Waals surface area contributed by atoms with Gasteiger partial charge in [-0.25, -0.2) is 4.99 Å². The van der Waals surface area contributed by atoms with Crippen molar-refractivity contribution in [2.45, 2.75) is 26.3 Å². The topological polar surface area (TPSA) is 54.9 Å². The van der Waals surface area contributed by atoms with Crippen molar-refractivity contribution in [2.24, 2.45) is 4.99 Å². The van der Waals surface area contributed by atoms with Gasteiger partial charge in [0.15, 0.2) is 5.96 Å². The highest BCUT2D eigenvalue weighted by Crippen LogP contribution is 2.19. The molecule has 0 amide bonds. The quantitative estimate of drug-likeness (QED) is 0.378. The fourth-order valence-electron chi connectivity index (χ4n) is 2.37. The van der Waals surface area contributed by atoms with Crippen LogP contribution in [-0.2, 0) is 11.3 Å². The minimum Gasteiger partial charge on any atom is -0.491 e. The van der Waals surface area contributed by atoms with E-state index < -0.39 is 0 Å². The standard InChI is InChI=1S/C20H29N3O2S/c1-4-21-20(22-14-16(2)19-6-5-13-26-19)23-15-17-7-9-18(10-8-17)25-12-11-24-3/h5-10,13,16H,4,11-12,14-15H2,1-3H3,(H2,21,22,23). The number of nitrogens with one attached hydrogen (secondary N) is 2. The first-order valence-corrected chi connectivity index (χ1v) is 9.87. The van der Waals surface area contributed by atoms with E-state index in [0.29, 0.717) is 25.7 Å². The molecule has 1 heterocycles. The zero-order valence-corrected chi connectivity index (χ0v) is 16.6. The summed E-state index contributed by atoms with van der Waals surface area (Å²) in [7, 11) is 1.67. The van der Waals surface area contributed by atoms with Crippen LogP contribution in [0.2, 0.25) is 0 Å². The van der Waals surface area contributed by atoms with Crippen molar-refractivity contribution in [1.29, 1.82) is 0 Å². The van der Waals surface area contributed by atoms with Crippen LogP contribution >= 0.6 is 11.3 Å². The largest absolute Gasteiger partial charge is 0.491 e. The number of hydrogen-bond acceptors (Lipinski definition) is 4. The van der Waals surface area contributed by atoms with Gasteiger partial charge in [-0.05, 0) is 36.1 Å². The average Bonchev–Trinajstić information content (AvgIpc) is 3.20. The molecule has 0 aliphatic heterocycles. The van der Waals surface area contributed by atoms with E-state index in [-0.39, 0.29) is 0 Å². The number of hydrogen-bond donors (Lipinski definition) is 2. The molecular weight excluding hydrogens is 346 g/mol. The molecule has 2 rings (SSSR count). The minimum atomic E-state index is 0.461. The van der Waals surface area contributed by atoms with Crippen molar-refractivity contribution < 1.29 is 9.47 Å². The van der Waals surface area contributed by atoms with Crippen LogP contribution in [0.25, 0.3) is 0 Å². The molecule has 0 aliphatic carbocycles. The molecule has 1 aromatic heterocycles. The summed E-state index contributed by atoms with van der Waals surface area (Å²) in [4.78, 5) is 6.07. The molecule has 26 heavy (non-hydrogen) atoms. The normalized spacial score (nSPS) is 12.7. The molecule has 0 aliphatic rings. The van der Waals surface area contributed by atoms with Crippen LogP contribution in [0, 0.1) is 0 Å². The lowest BCUT2D eigenvalue weighted by Crippen LogP contribution is -2.39. The first-order valence-electron chi connectivity index (χ1n) is 8.99. The van der Waals surface area contributed by atoms with Crippen LogP contribution in [0.5, 0.6) is 5.75 Å². The molecule has 6 heteroatoms. The number of rotatable bonds is 10. The van der Waals surface area contributed by atoms with E-state index in [9.17, 15) is 0 Å². The van der Waals surface area contributed by atoms with Crippen LogP contribution in [0.1, 0.15) is 30.2 Å². The van der Waals surface area contributed by atoms with Crippen LogP contribution in [0.3, 0.4) is 0 Å². The third-order valence-electron chi connectivity index (χ3n) is 3.85. The summed E-state index contributed by atoms with van der Waals surface area (Å²) >= 11 is 1.79. The Balaban J connectivity index is 1.85. The van der Waals surface area contributed by atoms with Gasteiger partial charge in [-0.2, -0.15) is 0 Å². The van der Waals surface area contributed by atoms with E-state index >= 15 is 0 Å². The molecule has 0 fully saturated rings. The smallest absolute Gasteiger partial charge is 0.191 e. The summed E-state index contributed by atoms with van der Waals surface area (Å²) in [5.41, 5.74) is 1.15. The Morgan fingerprint density at radius 2 is 1.96 bits per heavy atom. The van der Waals surface area contributed by atoms with Gasteiger partial charge in [-0.3, -0.25) is 0 Å². The Bertz CT molecular complexity index is 642. The van der Waals surface area contributed by atoms with Gasteiger partial charge >= 0.3 is 0 Å². The lowest BCUT2D eigenvalue weighted by Gasteiger charge is -2.15. The summed E-state index contributed by atoms with van der Waals surface area (Å²) in [5.74, 6) is 2.16. The number of ether oxygens (including phenoxy) is 2. The fourth-order valence-corrected chi connectivity index (χ4v) is 3.16. The van der Waals surface area contributed by atoms with Crippen molar-refractivity contribution >= 4 is 17.3 Å². The Labute approximate surface area is 160 Å². The summed E-state index contributed by atoms with van der Waals surface area (Å²) in [5, 5.41) is 8.85. The molecule has 0 spiro atoms. The summed E-state index contributed by atoms with van der Waals surface area (Å²) in [6.45, 7) is 7.78. The summed E-state index contributed by atoms with van der Waals surface area (Å²) in [6, 6.07) is 12.3. The second-order valence-electron chi connectivity index (χ2n) is 5.98. The van der Waals surface area contributed by atoms with E-state index in [2.05, 4.69) is 47.0 Å². The highest BCUT2D eigenvalue weighted by Gasteiger charge is 2.07. The number of methoxy groups -OCH3 is 1. The molecule has 0 saturated heterocycles. The molecule has 0 radical (unpaired) electrons. The molecule has 5 nitrogen and oxygen atoms in total. The van der Waals surface area contributed by atoms with Crippen LogP contribution in [0.15, 0.2) is 46.8 Å². The zero-order chi connectivity index (χ0) is 18.6. The molecule has 0 bridgehead atoms. The lowest BCUT2D eigenvalue weighted by molar-refractivity contribution is 0.146. The number of thiophene rings is 1. The van der Waals surface area contributed by atoms with Gasteiger partial charge in [0.2, 0.25) is 0 Å². The van der Waals surface area contributed by atoms with Crippen molar-refractivity contribution in [3.63, 3.8) is 0 Å². The number of nitrogens with zero attached hydrogens (tertiary/aromatic N) is 1. The van der Waals surface area contributed by atoms with Gasteiger partial charge in [0.25, 0.3) is 0 Å². The first-order chi connectivity index (χ1) is 12.7. The van der Waals surface area contributed by atoms with E-state index in [1.54, 1.807) is 18.4 Å². The Morgan fingerprint density at radius 1 is 1.15 bits per heavy atom. The zero-order valence-electron chi connectivity index (χ0n) is 15.8. The van der Waals surface area contributed by atoms with Crippen LogP contribution in [0.4, 0.5) is 0 Å². The van der Waals surface area contributed by atoms with Crippen molar-refractivity contribution in [3.05, 3.63) is 52.2 Å². The highest BCUT2D eigenvalue weighted by atomic mass is 32.1. The van der Waals surface area contributed by atoms with E-state index in [0.717, 1.165) is 30.4 Å². The van der Waals surface area contributed by atoms with E-state index in [1.807, 2.05) is 24.3 Å². The van der Waals surface area contributed by atoms with Crippen molar-refractivity contribution in [2.75, 3.05) is 33.4 Å². The average molecular weight is 376 g/mol. The molecular formula is C20H29N3O2S. The predicted molar refractivity (Wildman–Crippen MR) is 109 cm³/mol. The lowest BCUT2D eigenvalue weighted by atomic mass is 10.1. The van der Waals surface area contributed by atoms with Gasteiger partial charge in [-0.15, -0.1) is 11.3 Å². The van der Waals surface area contributed by atoms with E-state index in [4.69, 9.17) is 9.47 Å². The third kappa shape index (κ3) is 7.06. The van der Waals surface area contributed by atoms with Crippen LogP contribution < -0.4 is 15.4 Å². The highest BCUT2D eigenvalue weighted by molar-refractivity contribution is 7.10. The van der Waals surface area contributed by atoms with Crippen molar-refractivity contribution in [3.8, 4) is 5.75 Å². The maximum absolute atomic E-state index is 5.58. The molecule has 2 N–H and O–H groups in total. The number of guanidine groups is 1. The Morgan fingerprint density at radius 3 is 2.62 bits per heavy atom. The first kappa shape index (κ1) is 20.3. The predicted octanol–water partition coefficient (Wildman–Crippen LogP) is 3.63. The maximum atomic E-state index is 5.58. The molecule has 1 unspecified atom stereocenters. The molecule has 1 atom stereocenters. The fraction of sp³-hybridized carbons (Fsp3) is 0.450. The maximum Gasteiger partial charge on any atom is 0.191 e. The monoisotopic (exact) mass is 375 g/mol. The molecule has 0 saturated carbocycles. The third-order valence-corrected chi connectivity index (χ3v) is 4.95. The Kier molecular flexibility index (Phi) is 9.00. The SMILES string of the molecule is CCNC(=NCc1ccc(OCCOC)cc1)NCC(C)c1cccs1. The molecule has 142 valence electrons. The number of benzene rings is 1. The second-order valence-corrected chi connectivity index (χ2v) is 6.96. The van der Waals surface area contributed by atoms with Crippen LogP contribution in [-0.4, -0.2) is 39.4 Å². The van der Waals surface area contributed by atoms with E-state index in [1.165, 1.54) is 4.88 Å². The molecule has 2 aromatic rings.